The molecule has 2 aromatic rings. The van der Waals surface area contributed by atoms with E-state index in [0.717, 1.165) is 22.5 Å². The zero-order chi connectivity index (χ0) is 13.0. The maximum absolute atomic E-state index is 5.63. The van der Waals surface area contributed by atoms with Crippen LogP contribution in [-0.2, 0) is 13.0 Å². The number of imidazole rings is 1. The number of nitrogens with one attached hydrogen (secondary N) is 1. The average molecular weight is 310 g/mol. The van der Waals surface area contributed by atoms with Crippen LogP contribution in [0.25, 0.3) is 0 Å². The number of nitrogens with two attached hydrogens (primary N) is 1. The molecule has 5 nitrogen and oxygen atoms in total. The van der Waals surface area contributed by atoms with E-state index in [0.29, 0.717) is 6.42 Å². The van der Waals surface area contributed by atoms with Gasteiger partial charge in [0, 0.05) is 36.0 Å². The minimum Gasteiger partial charge on any atom is -0.335 e. The summed E-state index contributed by atoms with van der Waals surface area (Å²) in [5, 5.41) is 0. The molecule has 0 aliphatic carbocycles. The molecule has 18 heavy (non-hydrogen) atoms. The molecular weight excluding hydrogens is 294 g/mol. The molecule has 2 rings (SSSR count). The van der Waals surface area contributed by atoms with E-state index in [1.807, 2.05) is 18.3 Å². The fraction of sp³-hybridized carbons (Fsp3) is 0.333. The second kappa shape index (κ2) is 6.08. The molecule has 0 amide bonds. The van der Waals surface area contributed by atoms with Gasteiger partial charge in [-0.1, -0.05) is 0 Å². The lowest BCUT2D eigenvalue weighted by molar-refractivity contribution is 0.510. The summed E-state index contributed by atoms with van der Waals surface area (Å²) in [6.07, 6.45) is 6.24. The van der Waals surface area contributed by atoms with Gasteiger partial charge in [-0.15, -0.1) is 0 Å². The van der Waals surface area contributed by atoms with E-state index < -0.39 is 0 Å². The van der Waals surface area contributed by atoms with Crippen LogP contribution in [0.1, 0.15) is 24.5 Å². The standard InChI is InChI=1S/C12H16BrN5/c1-2-18-7-6-15-11(18)8-10(17-14)12-9(13)4-3-5-16-12/h3-7,10,17H,2,8,14H2,1H3. The summed E-state index contributed by atoms with van der Waals surface area (Å²) in [5.41, 5.74) is 3.70. The Balaban J connectivity index is 2.23. The fourth-order valence-electron chi connectivity index (χ4n) is 1.89. The van der Waals surface area contributed by atoms with Crippen LogP contribution in [0, 0.1) is 0 Å². The highest BCUT2D eigenvalue weighted by molar-refractivity contribution is 9.10. The molecule has 0 saturated carbocycles. The number of rotatable bonds is 5. The van der Waals surface area contributed by atoms with Gasteiger partial charge in [-0.3, -0.25) is 16.3 Å². The van der Waals surface area contributed by atoms with E-state index in [1.165, 1.54) is 0 Å². The van der Waals surface area contributed by atoms with Gasteiger partial charge >= 0.3 is 0 Å². The smallest absolute Gasteiger partial charge is 0.110 e. The van der Waals surface area contributed by atoms with Crippen LogP contribution in [-0.4, -0.2) is 14.5 Å². The normalized spacial score (nSPS) is 12.6. The number of pyridine rings is 1. The molecule has 0 radical (unpaired) electrons. The van der Waals surface area contributed by atoms with E-state index in [9.17, 15) is 0 Å². The Labute approximate surface area is 115 Å². The number of hydrogen-bond donors (Lipinski definition) is 2. The Bertz CT molecular complexity index is 511. The highest BCUT2D eigenvalue weighted by atomic mass is 79.9. The summed E-state index contributed by atoms with van der Waals surface area (Å²) in [6, 6.07) is 3.78. The molecule has 0 saturated heterocycles. The molecule has 6 heteroatoms. The monoisotopic (exact) mass is 309 g/mol. The van der Waals surface area contributed by atoms with E-state index in [2.05, 4.69) is 42.8 Å². The maximum Gasteiger partial charge on any atom is 0.110 e. The largest absolute Gasteiger partial charge is 0.335 e. The summed E-state index contributed by atoms with van der Waals surface area (Å²) in [6.45, 7) is 2.99. The first-order chi connectivity index (χ1) is 8.76. The molecule has 0 fully saturated rings. The van der Waals surface area contributed by atoms with Gasteiger partial charge in [0.15, 0.2) is 0 Å². The van der Waals surface area contributed by atoms with Gasteiger partial charge in [0.2, 0.25) is 0 Å². The molecule has 1 atom stereocenters. The van der Waals surface area contributed by atoms with Crippen molar-refractivity contribution in [1.82, 2.24) is 20.0 Å². The zero-order valence-electron chi connectivity index (χ0n) is 10.2. The Morgan fingerprint density at radius 1 is 1.44 bits per heavy atom. The summed E-state index contributed by atoms with van der Waals surface area (Å²) in [5.74, 6) is 6.63. The predicted molar refractivity (Wildman–Crippen MR) is 73.6 cm³/mol. The Morgan fingerprint density at radius 2 is 2.28 bits per heavy atom. The Hall–Kier alpha value is -1.24. The second-order valence-corrected chi connectivity index (χ2v) is 4.78. The Morgan fingerprint density at radius 3 is 2.94 bits per heavy atom. The topological polar surface area (TPSA) is 68.8 Å². The van der Waals surface area contributed by atoms with Crippen LogP contribution in [0.5, 0.6) is 0 Å². The van der Waals surface area contributed by atoms with Gasteiger partial charge < -0.3 is 4.57 Å². The molecule has 0 aliphatic heterocycles. The van der Waals surface area contributed by atoms with Gasteiger partial charge in [0.1, 0.15) is 5.82 Å². The van der Waals surface area contributed by atoms with Crippen molar-refractivity contribution in [3.05, 3.63) is 46.7 Å². The number of aromatic nitrogens is 3. The molecule has 2 heterocycles. The lowest BCUT2D eigenvalue weighted by Gasteiger charge is -2.16. The molecule has 1 unspecified atom stereocenters. The molecule has 0 spiro atoms. The molecule has 0 aliphatic rings. The van der Waals surface area contributed by atoms with Gasteiger partial charge in [0.25, 0.3) is 0 Å². The van der Waals surface area contributed by atoms with E-state index in [4.69, 9.17) is 5.84 Å². The zero-order valence-corrected chi connectivity index (χ0v) is 11.8. The average Bonchev–Trinajstić information content (AvgIpc) is 2.84. The Kier molecular flexibility index (Phi) is 4.46. The molecular formula is C12H16BrN5. The van der Waals surface area contributed by atoms with Crippen LogP contribution >= 0.6 is 15.9 Å². The van der Waals surface area contributed by atoms with E-state index in [1.54, 1.807) is 12.4 Å². The number of halogens is 1. The van der Waals surface area contributed by atoms with Gasteiger partial charge in [0.05, 0.1) is 11.7 Å². The first-order valence-electron chi connectivity index (χ1n) is 5.82. The van der Waals surface area contributed by atoms with Crippen molar-refractivity contribution >= 4 is 15.9 Å². The highest BCUT2D eigenvalue weighted by Gasteiger charge is 2.17. The summed E-state index contributed by atoms with van der Waals surface area (Å²) in [4.78, 5) is 8.71. The molecule has 0 bridgehead atoms. The van der Waals surface area contributed by atoms with Gasteiger partial charge in [-0.2, -0.15) is 0 Å². The molecule has 96 valence electrons. The third-order valence-electron chi connectivity index (χ3n) is 2.85. The number of hydrazine groups is 1. The van der Waals surface area contributed by atoms with Crippen molar-refractivity contribution in [3.8, 4) is 0 Å². The number of nitrogens with zero attached hydrogens (tertiary/aromatic N) is 3. The van der Waals surface area contributed by atoms with Gasteiger partial charge in [-0.05, 0) is 35.0 Å². The van der Waals surface area contributed by atoms with Crippen molar-refractivity contribution < 1.29 is 0 Å². The van der Waals surface area contributed by atoms with Crippen molar-refractivity contribution in [3.63, 3.8) is 0 Å². The van der Waals surface area contributed by atoms with Crippen LogP contribution in [0.4, 0.5) is 0 Å². The van der Waals surface area contributed by atoms with Crippen molar-refractivity contribution in [2.24, 2.45) is 5.84 Å². The lowest BCUT2D eigenvalue weighted by Crippen LogP contribution is -2.31. The highest BCUT2D eigenvalue weighted by Crippen LogP contribution is 2.22. The third kappa shape index (κ3) is 2.77. The molecule has 2 aromatic heterocycles. The first-order valence-corrected chi connectivity index (χ1v) is 6.62. The lowest BCUT2D eigenvalue weighted by atomic mass is 10.1. The van der Waals surface area contributed by atoms with E-state index >= 15 is 0 Å². The maximum atomic E-state index is 5.63. The number of aryl methyl sites for hydroxylation is 1. The van der Waals surface area contributed by atoms with Crippen molar-refractivity contribution in [1.29, 1.82) is 0 Å². The SMILES string of the molecule is CCn1ccnc1CC(NN)c1ncccc1Br. The summed E-state index contributed by atoms with van der Waals surface area (Å²) in [7, 11) is 0. The van der Waals surface area contributed by atoms with E-state index in [-0.39, 0.29) is 6.04 Å². The minimum absolute atomic E-state index is 0.0618. The van der Waals surface area contributed by atoms with Crippen molar-refractivity contribution in [2.45, 2.75) is 25.9 Å². The van der Waals surface area contributed by atoms with Crippen LogP contribution in [0.3, 0.4) is 0 Å². The third-order valence-corrected chi connectivity index (χ3v) is 3.52. The predicted octanol–water partition coefficient (Wildman–Crippen LogP) is 1.81. The van der Waals surface area contributed by atoms with Crippen molar-refractivity contribution in [2.75, 3.05) is 0 Å². The quantitative estimate of drug-likeness (QED) is 0.653. The van der Waals surface area contributed by atoms with Crippen LogP contribution in [0.15, 0.2) is 35.2 Å². The summed E-state index contributed by atoms with van der Waals surface area (Å²) < 4.78 is 3.05. The number of hydrogen-bond acceptors (Lipinski definition) is 4. The minimum atomic E-state index is -0.0618. The van der Waals surface area contributed by atoms with Crippen LogP contribution in [0.2, 0.25) is 0 Å². The summed E-state index contributed by atoms with van der Waals surface area (Å²) >= 11 is 3.49. The first kappa shape index (κ1) is 13.2. The second-order valence-electron chi connectivity index (χ2n) is 3.92. The van der Waals surface area contributed by atoms with Crippen LogP contribution < -0.4 is 11.3 Å². The van der Waals surface area contributed by atoms with Gasteiger partial charge in [-0.25, -0.2) is 4.98 Å². The molecule has 0 aromatic carbocycles. The fourth-order valence-corrected chi connectivity index (χ4v) is 2.42. The molecule has 3 N–H and O–H groups in total.